The molecule has 9 heteroatoms. The maximum absolute atomic E-state index is 14.2. The minimum absolute atomic E-state index is 0.113. The van der Waals surface area contributed by atoms with E-state index in [9.17, 15) is 13.2 Å². The summed E-state index contributed by atoms with van der Waals surface area (Å²) < 4.78 is 51.3. The van der Waals surface area contributed by atoms with Crippen molar-refractivity contribution in [3.05, 3.63) is 50.8 Å². The number of hydrogen-bond acceptors (Lipinski definition) is 3. The molecular formula is C16H13BrClF3N2O2. The summed E-state index contributed by atoms with van der Waals surface area (Å²) in [6.45, 7) is -2.75. The summed E-state index contributed by atoms with van der Waals surface area (Å²) in [7, 11) is 1.62. The van der Waals surface area contributed by atoms with Crippen molar-refractivity contribution in [2.75, 3.05) is 6.61 Å². The van der Waals surface area contributed by atoms with E-state index < -0.39 is 18.5 Å². The molecule has 2 heterocycles. The highest BCUT2D eigenvalue weighted by Gasteiger charge is 2.25. The fourth-order valence-electron chi connectivity index (χ4n) is 2.65. The van der Waals surface area contributed by atoms with Crippen molar-refractivity contribution in [3.8, 4) is 11.5 Å². The van der Waals surface area contributed by atoms with Crippen molar-refractivity contribution in [1.82, 2.24) is 4.57 Å². The molecule has 1 aliphatic heterocycles. The van der Waals surface area contributed by atoms with Gasteiger partial charge in [0.25, 0.3) is 0 Å². The van der Waals surface area contributed by atoms with Gasteiger partial charge >= 0.3 is 6.61 Å². The van der Waals surface area contributed by atoms with Gasteiger partial charge in [0.05, 0.1) is 22.1 Å². The van der Waals surface area contributed by atoms with E-state index in [1.165, 1.54) is 16.8 Å². The van der Waals surface area contributed by atoms with E-state index in [4.69, 9.17) is 16.3 Å². The second kappa shape index (κ2) is 7.29. The highest BCUT2D eigenvalue weighted by Crippen LogP contribution is 2.39. The Bertz CT molecular complexity index is 873. The summed E-state index contributed by atoms with van der Waals surface area (Å²) in [5.74, 6) is -0.542. The predicted octanol–water partition coefficient (Wildman–Crippen LogP) is 4.61. The maximum Gasteiger partial charge on any atom is 0.387 e. The van der Waals surface area contributed by atoms with Crippen LogP contribution in [0.3, 0.4) is 0 Å². The Kier molecular flexibility index (Phi) is 5.29. The molecule has 1 aromatic carbocycles. The lowest BCUT2D eigenvalue weighted by molar-refractivity contribution is -0.0513. The highest BCUT2D eigenvalue weighted by molar-refractivity contribution is 9.10. The van der Waals surface area contributed by atoms with Gasteiger partial charge in [0.2, 0.25) is 0 Å². The lowest BCUT2D eigenvalue weighted by Gasteiger charge is -2.24. The molecule has 0 saturated carbocycles. The molecule has 0 N–H and O–H groups in total. The Labute approximate surface area is 155 Å². The van der Waals surface area contributed by atoms with Crippen LogP contribution in [0, 0.1) is 5.82 Å². The van der Waals surface area contributed by atoms with E-state index in [1.54, 1.807) is 19.2 Å². The fourth-order valence-corrected chi connectivity index (χ4v) is 3.21. The first-order chi connectivity index (χ1) is 11.9. The van der Waals surface area contributed by atoms with E-state index in [-0.39, 0.29) is 33.1 Å². The summed E-state index contributed by atoms with van der Waals surface area (Å²) in [5, 5.41) is 0.236. The summed E-state index contributed by atoms with van der Waals surface area (Å²) in [6.07, 6.45) is 2.01. The number of aromatic nitrogens is 1. The number of rotatable bonds is 3. The normalized spacial score (nSPS) is 17.4. The minimum atomic E-state index is -3.01. The zero-order chi connectivity index (χ0) is 18.1. The number of benzene rings is 1. The van der Waals surface area contributed by atoms with Crippen molar-refractivity contribution < 1.29 is 22.6 Å². The Morgan fingerprint density at radius 3 is 2.92 bits per heavy atom. The van der Waals surface area contributed by atoms with Crippen molar-refractivity contribution in [2.24, 2.45) is 12.0 Å². The van der Waals surface area contributed by atoms with Crippen molar-refractivity contribution >= 4 is 27.5 Å². The molecule has 4 nitrogen and oxygen atoms in total. The number of hydrogen-bond donors (Lipinski definition) is 0. The van der Waals surface area contributed by atoms with Crippen molar-refractivity contribution in [3.63, 3.8) is 0 Å². The first kappa shape index (κ1) is 18.1. The Balaban J connectivity index is 2.13. The van der Waals surface area contributed by atoms with Gasteiger partial charge in [-0.1, -0.05) is 17.7 Å². The average molecular weight is 438 g/mol. The summed E-state index contributed by atoms with van der Waals surface area (Å²) in [4.78, 5) is 4.51. The molecule has 0 fully saturated rings. The molecule has 2 aromatic rings. The second-order valence-corrected chi connectivity index (χ2v) is 6.69. The van der Waals surface area contributed by atoms with Crippen LogP contribution in [0.5, 0.6) is 11.5 Å². The molecule has 0 aliphatic carbocycles. The number of aryl methyl sites for hydroxylation is 1. The molecule has 0 amide bonds. The number of fused-ring (bicyclic) bond motifs is 1. The third-order valence-electron chi connectivity index (χ3n) is 3.71. The molecule has 134 valence electrons. The molecule has 1 atom stereocenters. The zero-order valence-electron chi connectivity index (χ0n) is 13.0. The Morgan fingerprint density at radius 2 is 2.20 bits per heavy atom. The van der Waals surface area contributed by atoms with Gasteiger partial charge in [-0.25, -0.2) is 4.39 Å². The van der Waals surface area contributed by atoms with Crippen LogP contribution in [0.1, 0.15) is 18.0 Å². The van der Waals surface area contributed by atoms with Gasteiger partial charge < -0.3 is 14.0 Å². The lowest BCUT2D eigenvalue weighted by Crippen LogP contribution is -2.25. The Hall–Kier alpha value is -1.67. The monoisotopic (exact) mass is 436 g/mol. The SMILES string of the molecule is Cn1cc(Cl)cc(OC(F)F)/c1=N/C1CCOc2c1ccc(Br)c2F. The van der Waals surface area contributed by atoms with Crippen LogP contribution in [-0.4, -0.2) is 17.8 Å². The van der Waals surface area contributed by atoms with Crippen LogP contribution in [0.4, 0.5) is 13.2 Å². The van der Waals surface area contributed by atoms with Gasteiger partial charge in [0, 0.05) is 31.3 Å². The van der Waals surface area contributed by atoms with Crippen molar-refractivity contribution in [2.45, 2.75) is 19.1 Å². The molecule has 3 rings (SSSR count). The third-order valence-corrected chi connectivity index (χ3v) is 4.53. The summed E-state index contributed by atoms with van der Waals surface area (Å²) in [5.41, 5.74) is 0.732. The second-order valence-electron chi connectivity index (χ2n) is 5.40. The number of halogens is 5. The topological polar surface area (TPSA) is 35.8 Å². The third kappa shape index (κ3) is 3.79. The number of ether oxygens (including phenoxy) is 2. The van der Waals surface area contributed by atoms with Gasteiger partial charge in [-0.05, 0) is 22.0 Å². The van der Waals surface area contributed by atoms with Crippen LogP contribution in [0.2, 0.25) is 5.02 Å². The number of nitrogens with zero attached hydrogens (tertiary/aromatic N) is 2. The van der Waals surface area contributed by atoms with Gasteiger partial charge in [0.1, 0.15) is 0 Å². The number of alkyl halides is 2. The molecule has 1 unspecified atom stereocenters. The summed E-state index contributed by atoms with van der Waals surface area (Å²) >= 11 is 9.02. The molecule has 0 bridgehead atoms. The minimum Gasteiger partial charge on any atom is -0.490 e. The van der Waals surface area contributed by atoms with E-state index >= 15 is 0 Å². The van der Waals surface area contributed by atoms with E-state index in [1.807, 2.05) is 0 Å². The molecular weight excluding hydrogens is 425 g/mol. The molecule has 0 spiro atoms. The fraction of sp³-hybridized carbons (Fsp3) is 0.312. The van der Waals surface area contributed by atoms with Gasteiger partial charge in [-0.2, -0.15) is 8.78 Å². The number of pyridine rings is 1. The molecule has 0 saturated heterocycles. The van der Waals surface area contributed by atoms with E-state index in [2.05, 4.69) is 25.7 Å². The van der Waals surface area contributed by atoms with Crippen LogP contribution >= 0.6 is 27.5 Å². The summed E-state index contributed by atoms with van der Waals surface area (Å²) in [6, 6.07) is 4.07. The van der Waals surface area contributed by atoms with Crippen molar-refractivity contribution in [1.29, 1.82) is 0 Å². The van der Waals surface area contributed by atoms with Gasteiger partial charge in [-0.3, -0.25) is 4.99 Å². The molecule has 1 aliphatic rings. The van der Waals surface area contributed by atoms with E-state index in [0.717, 1.165) is 0 Å². The van der Waals surface area contributed by atoms with Crippen LogP contribution < -0.4 is 15.0 Å². The lowest BCUT2D eigenvalue weighted by atomic mass is 10.0. The molecule has 0 radical (unpaired) electrons. The van der Waals surface area contributed by atoms with Crippen LogP contribution in [0.15, 0.2) is 33.9 Å². The molecule has 1 aromatic heterocycles. The van der Waals surface area contributed by atoms with Crippen LogP contribution in [0.25, 0.3) is 0 Å². The Morgan fingerprint density at radius 1 is 1.44 bits per heavy atom. The molecule has 25 heavy (non-hydrogen) atoms. The highest BCUT2D eigenvalue weighted by atomic mass is 79.9. The zero-order valence-corrected chi connectivity index (χ0v) is 15.3. The van der Waals surface area contributed by atoms with Crippen LogP contribution in [-0.2, 0) is 7.05 Å². The van der Waals surface area contributed by atoms with E-state index in [0.29, 0.717) is 12.0 Å². The van der Waals surface area contributed by atoms with Gasteiger partial charge in [0.15, 0.2) is 22.8 Å². The maximum atomic E-state index is 14.2. The van der Waals surface area contributed by atoms with Gasteiger partial charge in [-0.15, -0.1) is 0 Å². The first-order valence-electron chi connectivity index (χ1n) is 7.32. The first-order valence-corrected chi connectivity index (χ1v) is 8.49. The average Bonchev–Trinajstić information content (AvgIpc) is 2.54. The largest absolute Gasteiger partial charge is 0.490 e. The predicted molar refractivity (Wildman–Crippen MR) is 89.6 cm³/mol. The smallest absolute Gasteiger partial charge is 0.387 e. The quantitative estimate of drug-likeness (QED) is 0.703. The standard InChI is InChI=1S/C16H13BrClF3N2O2/c1-23-7-8(18)6-12(25-16(20)21)15(23)22-11-4-5-24-14-9(11)2-3-10(17)13(14)19/h2-3,6-7,11,16H,4-5H2,1H3/b22-15-.